The second-order valence-electron chi connectivity index (χ2n) is 6.85. The molecule has 0 saturated carbocycles. The highest BCUT2D eigenvalue weighted by Gasteiger charge is 2.23. The van der Waals surface area contributed by atoms with Gasteiger partial charge in [0.15, 0.2) is 0 Å². The van der Waals surface area contributed by atoms with Crippen LogP contribution in [0.5, 0.6) is 0 Å². The van der Waals surface area contributed by atoms with Gasteiger partial charge in [0.1, 0.15) is 17.5 Å². The van der Waals surface area contributed by atoms with E-state index in [1.165, 1.54) is 25.0 Å². The molecule has 0 spiro atoms. The minimum atomic E-state index is -0.206. The summed E-state index contributed by atoms with van der Waals surface area (Å²) in [4.78, 5) is 11.4. The summed E-state index contributed by atoms with van der Waals surface area (Å²) in [6, 6.07) is 10.8. The standard InChI is InChI=1S/C20H23FN6/c1-14-24-18(17-8-9-23-26-17)12-20(25-14)22-13-19(27-10-2-3-11-27)15-4-6-16(21)7-5-15/h4-9,12,19H,2-3,10-11,13H2,1H3,(H,23,26)(H,22,24,25)/t19-/m1/s1. The van der Waals surface area contributed by atoms with E-state index in [4.69, 9.17) is 0 Å². The van der Waals surface area contributed by atoms with Crippen molar-refractivity contribution in [1.82, 2.24) is 25.1 Å². The zero-order valence-corrected chi connectivity index (χ0v) is 15.3. The van der Waals surface area contributed by atoms with Gasteiger partial charge in [0.05, 0.1) is 17.4 Å². The molecule has 3 aromatic rings. The van der Waals surface area contributed by atoms with E-state index in [2.05, 4.69) is 30.4 Å². The van der Waals surface area contributed by atoms with Gasteiger partial charge in [-0.05, 0) is 56.6 Å². The van der Waals surface area contributed by atoms with Crippen LogP contribution in [0.25, 0.3) is 11.4 Å². The number of halogens is 1. The number of aromatic nitrogens is 4. The third-order valence-corrected chi connectivity index (χ3v) is 4.93. The number of benzene rings is 1. The molecule has 1 saturated heterocycles. The summed E-state index contributed by atoms with van der Waals surface area (Å²) >= 11 is 0. The number of hydrogen-bond acceptors (Lipinski definition) is 5. The van der Waals surface area contributed by atoms with E-state index in [1.807, 2.05) is 31.2 Å². The maximum Gasteiger partial charge on any atom is 0.130 e. The summed E-state index contributed by atoms with van der Waals surface area (Å²) in [6.07, 6.45) is 4.11. The molecule has 1 aliphatic rings. The predicted octanol–water partition coefficient (Wildman–Crippen LogP) is 3.56. The summed E-state index contributed by atoms with van der Waals surface area (Å²) in [5, 5.41) is 10.4. The van der Waals surface area contributed by atoms with Gasteiger partial charge in [-0.1, -0.05) is 12.1 Å². The number of nitrogens with one attached hydrogen (secondary N) is 2. The van der Waals surface area contributed by atoms with Crippen molar-refractivity contribution in [3.8, 4) is 11.4 Å². The van der Waals surface area contributed by atoms with Crippen molar-refractivity contribution >= 4 is 5.82 Å². The molecule has 2 N–H and O–H groups in total. The van der Waals surface area contributed by atoms with Crippen LogP contribution in [0.3, 0.4) is 0 Å². The van der Waals surface area contributed by atoms with E-state index in [-0.39, 0.29) is 11.9 Å². The van der Waals surface area contributed by atoms with Crippen molar-refractivity contribution < 1.29 is 4.39 Å². The van der Waals surface area contributed by atoms with Crippen molar-refractivity contribution in [3.05, 3.63) is 59.8 Å². The molecule has 1 aromatic carbocycles. The highest BCUT2D eigenvalue weighted by Crippen LogP contribution is 2.26. The van der Waals surface area contributed by atoms with Crippen molar-refractivity contribution in [2.24, 2.45) is 0 Å². The van der Waals surface area contributed by atoms with Crippen LogP contribution in [0.2, 0.25) is 0 Å². The number of rotatable bonds is 6. The first kappa shape index (κ1) is 17.6. The Hall–Kier alpha value is -2.80. The quantitative estimate of drug-likeness (QED) is 0.698. The summed E-state index contributed by atoms with van der Waals surface area (Å²) in [5.74, 6) is 1.27. The van der Waals surface area contributed by atoms with Crippen molar-refractivity contribution in [2.45, 2.75) is 25.8 Å². The van der Waals surface area contributed by atoms with Crippen molar-refractivity contribution in [1.29, 1.82) is 0 Å². The Kier molecular flexibility index (Phi) is 5.11. The van der Waals surface area contributed by atoms with Crippen LogP contribution in [0.4, 0.5) is 10.2 Å². The Labute approximate surface area is 157 Å². The Bertz CT molecular complexity index is 872. The SMILES string of the molecule is Cc1nc(NC[C@H](c2ccc(F)cc2)N2CCCC2)cc(-c2ccn[nH]2)n1. The first-order valence-corrected chi connectivity index (χ1v) is 9.28. The van der Waals surface area contributed by atoms with Gasteiger partial charge in [-0.2, -0.15) is 5.10 Å². The molecule has 4 rings (SSSR count). The number of hydrogen-bond donors (Lipinski definition) is 2. The van der Waals surface area contributed by atoms with Crippen LogP contribution >= 0.6 is 0 Å². The van der Waals surface area contributed by atoms with Gasteiger partial charge in [-0.25, -0.2) is 14.4 Å². The van der Waals surface area contributed by atoms with Crippen LogP contribution in [-0.2, 0) is 0 Å². The molecule has 7 heteroatoms. The highest BCUT2D eigenvalue weighted by molar-refractivity contribution is 5.58. The van der Waals surface area contributed by atoms with E-state index >= 15 is 0 Å². The lowest BCUT2D eigenvalue weighted by atomic mass is 10.1. The summed E-state index contributed by atoms with van der Waals surface area (Å²) in [7, 11) is 0. The van der Waals surface area contributed by atoms with Gasteiger partial charge in [0.2, 0.25) is 0 Å². The number of anilines is 1. The molecule has 0 radical (unpaired) electrons. The van der Waals surface area contributed by atoms with Crippen molar-refractivity contribution in [3.63, 3.8) is 0 Å². The van der Waals surface area contributed by atoms with Crippen molar-refractivity contribution in [2.75, 3.05) is 25.0 Å². The van der Waals surface area contributed by atoms with Gasteiger partial charge in [0.25, 0.3) is 0 Å². The summed E-state index contributed by atoms with van der Waals surface area (Å²) < 4.78 is 13.3. The fourth-order valence-electron chi connectivity index (χ4n) is 3.59. The Morgan fingerprint density at radius 2 is 1.93 bits per heavy atom. The molecule has 1 atom stereocenters. The predicted molar refractivity (Wildman–Crippen MR) is 103 cm³/mol. The number of aromatic amines is 1. The molecule has 3 heterocycles. The maximum atomic E-state index is 13.3. The summed E-state index contributed by atoms with van der Waals surface area (Å²) in [6.45, 7) is 4.70. The molecule has 1 fully saturated rings. The number of likely N-dealkylation sites (tertiary alicyclic amines) is 1. The Morgan fingerprint density at radius 3 is 2.63 bits per heavy atom. The topological polar surface area (TPSA) is 69.7 Å². The van der Waals surface area contributed by atoms with E-state index in [0.29, 0.717) is 12.4 Å². The van der Waals surface area contributed by atoms with E-state index < -0.39 is 0 Å². The third-order valence-electron chi connectivity index (χ3n) is 4.93. The fourth-order valence-corrected chi connectivity index (χ4v) is 3.59. The molecule has 140 valence electrons. The molecule has 27 heavy (non-hydrogen) atoms. The van der Waals surface area contributed by atoms with E-state index in [0.717, 1.165) is 35.9 Å². The molecule has 2 aromatic heterocycles. The Morgan fingerprint density at radius 1 is 1.15 bits per heavy atom. The van der Waals surface area contributed by atoms with Crippen LogP contribution in [0, 0.1) is 12.7 Å². The lowest BCUT2D eigenvalue weighted by Gasteiger charge is -2.28. The molecule has 0 bridgehead atoms. The fraction of sp³-hybridized carbons (Fsp3) is 0.350. The third kappa shape index (κ3) is 4.14. The number of aryl methyl sites for hydroxylation is 1. The molecule has 6 nitrogen and oxygen atoms in total. The zero-order valence-electron chi connectivity index (χ0n) is 15.3. The number of H-pyrrole nitrogens is 1. The van der Waals surface area contributed by atoms with Gasteiger partial charge in [-0.3, -0.25) is 10.00 Å². The molecular weight excluding hydrogens is 343 g/mol. The van der Waals surface area contributed by atoms with Crippen LogP contribution in [-0.4, -0.2) is 44.7 Å². The first-order valence-electron chi connectivity index (χ1n) is 9.28. The van der Waals surface area contributed by atoms with E-state index in [1.54, 1.807) is 6.20 Å². The summed E-state index contributed by atoms with van der Waals surface area (Å²) in [5.41, 5.74) is 2.78. The molecular formula is C20H23FN6. The highest BCUT2D eigenvalue weighted by atomic mass is 19.1. The van der Waals surface area contributed by atoms with E-state index in [9.17, 15) is 4.39 Å². The first-order chi connectivity index (χ1) is 13.2. The Balaban J connectivity index is 1.54. The maximum absolute atomic E-state index is 13.3. The largest absolute Gasteiger partial charge is 0.368 e. The molecule has 1 aliphatic heterocycles. The average Bonchev–Trinajstić information content (AvgIpc) is 3.37. The second kappa shape index (κ2) is 7.84. The zero-order chi connectivity index (χ0) is 18.6. The number of nitrogens with zero attached hydrogens (tertiary/aromatic N) is 4. The van der Waals surface area contributed by atoms with Crippen LogP contribution in [0.15, 0.2) is 42.6 Å². The lowest BCUT2D eigenvalue weighted by molar-refractivity contribution is 0.255. The minimum absolute atomic E-state index is 0.180. The molecule has 0 amide bonds. The van der Waals surface area contributed by atoms with Gasteiger partial charge in [0, 0.05) is 18.8 Å². The van der Waals surface area contributed by atoms with Gasteiger partial charge in [-0.15, -0.1) is 0 Å². The molecule has 0 unspecified atom stereocenters. The van der Waals surface area contributed by atoms with Crippen LogP contribution < -0.4 is 5.32 Å². The smallest absolute Gasteiger partial charge is 0.130 e. The lowest BCUT2D eigenvalue weighted by Crippen LogP contribution is -2.31. The normalized spacial score (nSPS) is 15.8. The monoisotopic (exact) mass is 366 g/mol. The van der Waals surface area contributed by atoms with Gasteiger partial charge < -0.3 is 5.32 Å². The molecule has 0 aliphatic carbocycles. The average molecular weight is 366 g/mol. The minimum Gasteiger partial charge on any atom is -0.368 e. The van der Waals surface area contributed by atoms with Gasteiger partial charge >= 0.3 is 0 Å². The van der Waals surface area contributed by atoms with Crippen LogP contribution in [0.1, 0.15) is 30.3 Å². The second-order valence-corrected chi connectivity index (χ2v) is 6.85.